The van der Waals surface area contributed by atoms with Gasteiger partial charge in [0.25, 0.3) is 5.91 Å². The van der Waals surface area contributed by atoms with Gasteiger partial charge in [-0.05, 0) is 31.1 Å². The molecule has 0 aromatic carbocycles. The molecule has 5 heteroatoms. The van der Waals surface area contributed by atoms with E-state index in [0.29, 0.717) is 17.2 Å². The molecule has 1 amide bonds. The Hall–Kier alpha value is -1.65. The van der Waals surface area contributed by atoms with E-state index in [4.69, 9.17) is 11.5 Å². The van der Waals surface area contributed by atoms with Gasteiger partial charge < -0.3 is 11.5 Å². The van der Waals surface area contributed by atoms with Gasteiger partial charge in [0.05, 0.1) is 11.3 Å². The Kier molecular flexibility index (Phi) is 2.77. The van der Waals surface area contributed by atoms with Crippen molar-refractivity contribution in [3.63, 3.8) is 0 Å². The van der Waals surface area contributed by atoms with E-state index in [2.05, 4.69) is 16.9 Å². The third-order valence-electron chi connectivity index (χ3n) is 3.09. The van der Waals surface area contributed by atoms with Gasteiger partial charge in [0.1, 0.15) is 0 Å². The minimum Gasteiger partial charge on any atom is -0.368 e. The number of hydrogen-bond acceptors (Lipinski definition) is 4. The van der Waals surface area contributed by atoms with E-state index in [9.17, 15) is 4.79 Å². The molecule has 0 saturated heterocycles. The Morgan fingerprint density at radius 1 is 1.62 bits per heavy atom. The van der Waals surface area contributed by atoms with Gasteiger partial charge in [0, 0.05) is 6.20 Å². The lowest BCUT2D eigenvalue weighted by molar-refractivity contribution is 0.0998. The summed E-state index contributed by atoms with van der Waals surface area (Å²) in [5, 5.41) is 0. The van der Waals surface area contributed by atoms with Crippen molar-refractivity contribution in [3.8, 4) is 0 Å². The first-order valence-electron chi connectivity index (χ1n) is 5.49. The zero-order valence-corrected chi connectivity index (χ0v) is 9.31. The lowest BCUT2D eigenvalue weighted by Gasteiger charge is -2.11. The van der Waals surface area contributed by atoms with Gasteiger partial charge in [-0.25, -0.2) is 9.97 Å². The summed E-state index contributed by atoms with van der Waals surface area (Å²) >= 11 is 0. The molecule has 0 bridgehead atoms. The van der Waals surface area contributed by atoms with Crippen molar-refractivity contribution in [1.29, 1.82) is 0 Å². The molecule has 1 heterocycles. The second kappa shape index (κ2) is 4.08. The molecule has 0 radical (unpaired) electrons. The van der Waals surface area contributed by atoms with Crippen molar-refractivity contribution in [2.24, 2.45) is 17.6 Å². The highest BCUT2D eigenvalue weighted by Gasteiger charge is 2.29. The van der Waals surface area contributed by atoms with Gasteiger partial charge in [0.2, 0.25) is 5.95 Å². The molecule has 1 saturated carbocycles. The van der Waals surface area contributed by atoms with Crippen LogP contribution < -0.4 is 11.5 Å². The third-order valence-corrected chi connectivity index (χ3v) is 3.09. The molecule has 1 fully saturated rings. The standard InChI is InChI=1S/C11H16N4O/c1-6(7-2-3-7)4-9-8(10(12)16)5-14-11(13)15-9/h5-7H,2-4H2,1H3,(H2,12,16)(H2,13,14,15)/t6-/m0/s1. The molecule has 1 aliphatic rings. The normalized spacial score (nSPS) is 17.1. The summed E-state index contributed by atoms with van der Waals surface area (Å²) in [6.45, 7) is 2.17. The van der Waals surface area contributed by atoms with Crippen molar-refractivity contribution in [3.05, 3.63) is 17.5 Å². The van der Waals surface area contributed by atoms with Crippen LogP contribution in [-0.2, 0) is 6.42 Å². The number of nitrogens with zero attached hydrogens (tertiary/aromatic N) is 2. The Labute approximate surface area is 94.3 Å². The number of nitrogens with two attached hydrogens (primary N) is 2. The molecule has 5 nitrogen and oxygen atoms in total. The zero-order valence-electron chi connectivity index (χ0n) is 9.31. The molecule has 1 aromatic heterocycles. The summed E-state index contributed by atoms with van der Waals surface area (Å²) < 4.78 is 0. The Morgan fingerprint density at radius 2 is 2.31 bits per heavy atom. The maximum absolute atomic E-state index is 11.2. The summed E-state index contributed by atoms with van der Waals surface area (Å²) in [7, 11) is 0. The first-order valence-corrected chi connectivity index (χ1v) is 5.49. The Bertz CT molecular complexity index is 414. The summed E-state index contributed by atoms with van der Waals surface area (Å²) in [6.07, 6.45) is 4.70. The van der Waals surface area contributed by atoms with Crippen LogP contribution in [0.15, 0.2) is 6.20 Å². The quantitative estimate of drug-likeness (QED) is 0.782. The minimum atomic E-state index is -0.488. The third kappa shape index (κ3) is 2.29. The van der Waals surface area contributed by atoms with Crippen LogP contribution in [-0.4, -0.2) is 15.9 Å². The molecule has 0 spiro atoms. The summed E-state index contributed by atoms with van der Waals surface area (Å²) in [5.74, 6) is 0.991. The molecule has 1 aliphatic carbocycles. The van der Waals surface area contributed by atoms with Crippen LogP contribution in [0.25, 0.3) is 0 Å². The predicted molar refractivity (Wildman–Crippen MR) is 60.6 cm³/mol. The summed E-state index contributed by atoms with van der Waals surface area (Å²) in [6, 6.07) is 0. The Balaban J connectivity index is 2.22. The van der Waals surface area contributed by atoms with E-state index in [1.165, 1.54) is 19.0 Å². The molecular formula is C11H16N4O. The highest BCUT2D eigenvalue weighted by Crippen LogP contribution is 2.38. The average Bonchev–Trinajstić information content (AvgIpc) is 2.99. The van der Waals surface area contributed by atoms with E-state index in [0.717, 1.165) is 12.3 Å². The largest absolute Gasteiger partial charge is 0.368 e. The lowest BCUT2D eigenvalue weighted by Crippen LogP contribution is -2.18. The molecule has 2 rings (SSSR count). The first kappa shape index (κ1) is 10.9. The van der Waals surface area contributed by atoms with Crippen molar-refractivity contribution in [2.75, 3.05) is 5.73 Å². The molecule has 4 N–H and O–H groups in total. The number of carbonyl (C=O) groups is 1. The molecule has 16 heavy (non-hydrogen) atoms. The highest BCUT2D eigenvalue weighted by molar-refractivity contribution is 5.93. The van der Waals surface area contributed by atoms with E-state index in [-0.39, 0.29) is 5.95 Å². The van der Waals surface area contributed by atoms with Gasteiger partial charge >= 0.3 is 0 Å². The molecule has 1 atom stereocenters. The van der Waals surface area contributed by atoms with Gasteiger partial charge in [-0.1, -0.05) is 6.92 Å². The zero-order chi connectivity index (χ0) is 11.7. The van der Waals surface area contributed by atoms with E-state index >= 15 is 0 Å². The predicted octanol–water partition coefficient (Wildman–Crippen LogP) is 0.746. The van der Waals surface area contributed by atoms with Crippen LogP contribution in [0.4, 0.5) is 5.95 Å². The molecular weight excluding hydrogens is 204 g/mol. The number of amides is 1. The van der Waals surface area contributed by atoms with Gasteiger partial charge in [-0.3, -0.25) is 4.79 Å². The minimum absolute atomic E-state index is 0.197. The van der Waals surface area contributed by atoms with Crippen LogP contribution in [0.5, 0.6) is 0 Å². The van der Waals surface area contributed by atoms with Crippen LogP contribution >= 0.6 is 0 Å². The van der Waals surface area contributed by atoms with Gasteiger partial charge in [-0.15, -0.1) is 0 Å². The van der Waals surface area contributed by atoms with Gasteiger partial charge in [0.15, 0.2) is 0 Å². The maximum Gasteiger partial charge on any atom is 0.252 e. The second-order valence-corrected chi connectivity index (χ2v) is 4.47. The van der Waals surface area contributed by atoms with Gasteiger partial charge in [-0.2, -0.15) is 0 Å². The first-order chi connectivity index (χ1) is 7.58. The van der Waals surface area contributed by atoms with E-state index in [1.807, 2.05) is 0 Å². The average molecular weight is 220 g/mol. The van der Waals surface area contributed by atoms with Crippen molar-refractivity contribution in [2.45, 2.75) is 26.2 Å². The topological polar surface area (TPSA) is 94.9 Å². The summed E-state index contributed by atoms with van der Waals surface area (Å²) in [5.41, 5.74) is 11.9. The number of carbonyl (C=O) groups excluding carboxylic acids is 1. The Morgan fingerprint density at radius 3 is 2.88 bits per heavy atom. The molecule has 86 valence electrons. The van der Waals surface area contributed by atoms with Crippen molar-refractivity contribution < 1.29 is 4.79 Å². The number of anilines is 1. The van der Waals surface area contributed by atoms with Crippen LogP contribution in [0.2, 0.25) is 0 Å². The van der Waals surface area contributed by atoms with E-state index in [1.54, 1.807) is 0 Å². The number of hydrogen-bond donors (Lipinski definition) is 2. The molecule has 0 unspecified atom stereocenters. The monoisotopic (exact) mass is 220 g/mol. The fraction of sp³-hybridized carbons (Fsp3) is 0.545. The molecule has 0 aliphatic heterocycles. The number of nitrogen functional groups attached to an aromatic ring is 1. The second-order valence-electron chi connectivity index (χ2n) is 4.47. The summed E-state index contributed by atoms with van der Waals surface area (Å²) in [4.78, 5) is 19.1. The maximum atomic E-state index is 11.2. The fourth-order valence-corrected chi connectivity index (χ4v) is 1.93. The number of rotatable bonds is 4. The van der Waals surface area contributed by atoms with Crippen LogP contribution in [0, 0.1) is 11.8 Å². The lowest BCUT2D eigenvalue weighted by atomic mass is 9.98. The van der Waals surface area contributed by atoms with Crippen LogP contribution in [0.3, 0.4) is 0 Å². The highest BCUT2D eigenvalue weighted by atomic mass is 16.1. The SMILES string of the molecule is C[C@@H](Cc1nc(N)ncc1C(N)=O)C1CC1. The van der Waals surface area contributed by atoms with Crippen molar-refractivity contribution in [1.82, 2.24) is 9.97 Å². The number of aromatic nitrogens is 2. The smallest absolute Gasteiger partial charge is 0.252 e. The van der Waals surface area contributed by atoms with E-state index < -0.39 is 5.91 Å². The number of primary amides is 1. The van der Waals surface area contributed by atoms with Crippen molar-refractivity contribution >= 4 is 11.9 Å². The molecule has 1 aromatic rings. The fourth-order valence-electron chi connectivity index (χ4n) is 1.93. The van der Waals surface area contributed by atoms with Crippen LogP contribution in [0.1, 0.15) is 35.8 Å².